The van der Waals surface area contributed by atoms with Gasteiger partial charge in [0.2, 0.25) is 0 Å². The van der Waals surface area contributed by atoms with Gasteiger partial charge in [0, 0.05) is 31.4 Å². The average molecular weight is 358 g/mol. The van der Waals surface area contributed by atoms with E-state index in [0.717, 1.165) is 16.8 Å². The summed E-state index contributed by atoms with van der Waals surface area (Å²) in [5.74, 6) is 0.271. The second-order valence-electron chi connectivity index (χ2n) is 5.35. The van der Waals surface area contributed by atoms with Crippen molar-refractivity contribution in [3.63, 3.8) is 0 Å². The van der Waals surface area contributed by atoms with Gasteiger partial charge in [-0.25, -0.2) is 4.98 Å². The molecule has 2 heterocycles. The van der Waals surface area contributed by atoms with Crippen LogP contribution in [-0.2, 0) is 7.05 Å². The Hall–Kier alpha value is -3.00. The predicted molar refractivity (Wildman–Crippen MR) is 94.9 cm³/mol. The van der Waals surface area contributed by atoms with Crippen molar-refractivity contribution < 1.29 is 4.79 Å². The molecule has 25 heavy (non-hydrogen) atoms. The molecule has 3 rings (SSSR count). The highest BCUT2D eigenvalue weighted by atomic mass is 35.5. The third-order valence-corrected chi connectivity index (χ3v) is 3.83. The van der Waals surface area contributed by atoms with Gasteiger partial charge in [-0.3, -0.25) is 9.48 Å². The number of hydrogen-bond acceptors (Lipinski definition) is 6. The number of carbonyl (C=O) groups is 1. The molecular formula is C16H16ClN7O. The summed E-state index contributed by atoms with van der Waals surface area (Å²) >= 11 is 5.93. The zero-order chi connectivity index (χ0) is 18.0. The summed E-state index contributed by atoms with van der Waals surface area (Å²) in [6, 6.07) is 7.28. The Morgan fingerprint density at radius 1 is 1.24 bits per heavy atom. The SMILES string of the molecule is CNC(=O)c1nnc(Cl)cc1Nc1cccc(-c2ncn(C)n2)c1C. The van der Waals surface area contributed by atoms with Crippen LogP contribution in [0, 0.1) is 6.92 Å². The third-order valence-electron chi connectivity index (χ3n) is 3.65. The number of aromatic nitrogens is 5. The van der Waals surface area contributed by atoms with E-state index in [-0.39, 0.29) is 16.8 Å². The fourth-order valence-electron chi connectivity index (χ4n) is 2.37. The number of halogens is 1. The molecule has 128 valence electrons. The van der Waals surface area contributed by atoms with E-state index in [2.05, 4.69) is 30.9 Å². The highest BCUT2D eigenvalue weighted by molar-refractivity contribution is 6.29. The van der Waals surface area contributed by atoms with Gasteiger partial charge in [-0.05, 0) is 18.6 Å². The molecule has 0 radical (unpaired) electrons. The van der Waals surface area contributed by atoms with Crippen LogP contribution in [0.25, 0.3) is 11.4 Å². The van der Waals surface area contributed by atoms with E-state index in [1.807, 2.05) is 32.2 Å². The van der Waals surface area contributed by atoms with Crippen LogP contribution in [0.2, 0.25) is 5.15 Å². The first-order valence-electron chi connectivity index (χ1n) is 7.47. The molecular weight excluding hydrogens is 342 g/mol. The quantitative estimate of drug-likeness (QED) is 0.743. The molecule has 0 aliphatic rings. The number of amides is 1. The van der Waals surface area contributed by atoms with Crippen molar-refractivity contribution in [2.24, 2.45) is 7.05 Å². The second kappa shape index (κ2) is 6.86. The standard InChI is InChI=1S/C16H16ClN7O/c1-9-10(15-19-8-24(3)23-15)5-4-6-11(9)20-12-7-13(17)21-22-14(12)16(25)18-2/h4-8H,1-3H3,(H,18,25)(H,20,21). The number of anilines is 2. The zero-order valence-corrected chi connectivity index (χ0v) is 14.7. The topological polar surface area (TPSA) is 97.6 Å². The molecule has 0 atom stereocenters. The largest absolute Gasteiger partial charge is 0.354 e. The lowest BCUT2D eigenvalue weighted by Gasteiger charge is -2.14. The van der Waals surface area contributed by atoms with Gasteiger partial charge in [-0.15, -0.1) is 10.2 Å². The van der Waals surface area contributed by atoms with Gasteiger partial charge in [0.05, 0.1) is 5.69 Å². The lowest BCUT2D eigenvalue weighted by molar-refractivity contribution is 0.0958. The molecule has 2 N–H and O–H groups in total. The molecule has 0 saturated carbocycles. The predicted octanol–water partition coefficient (Wildman–Crippen LogP) is 2.34. The van der Waals surface area contributed by atoms with Crippen molar-refractivity contribution in [1.82, 2.24) is 30.3 Å². The summed E-state index contributed by atoms with van der Waals surface area (Å²) in [4.78, 5) is 16.3. The van der Waals surface area contributed by atoms with Crippen LogP contribution in [0.3, 0.4) is 0 Å². The number of aryl methyl sites for hydroxylation is 1. The Balaban J connectivity index is 2.02. The second-order valence-corrected chi connectivity index (χ2v) is 5.74. The summed E-state index contributed by atoms with van der Waals surface area (Å²) in [5.41, 5.74) is 3.24. The molecule has 9 heteroatoms. The Kier molecular flexibility index (Phi) is 4.62. The van der Waals surface area contributed by atoms with Crippen LogP contribution in [0.1, 0.15) is 16.1 Å². The molecule has 0 bridgehead atoms. The molecule has 3 aromatic rings. The Morgan fingerprint density at radius 2 is 2.04 bits per heavy atom. The van der Waals surface area contributed by atoms with E-state index in [4.69, 9.17) is 11.6 Å². The van der Waals surface area contributed by atoms with Crippen LogP contribution in [0.15, 0.2) is 30.6 Å². The van der Waals surface area contributed by atoms with Crippen LogP contribution >= 0.6 is 11.6 Å². The molecule has 1 aromatic carbocycles. The van der Waals surface area contributed by atoms with Gasteiger partial charge in [-0.1, -0.05) is 23.7 Å². The average Bonchev–Trinajstić information content (AvgIpc) is 3.02. The van der Waals surface area contributed by atoms with Crippen molar-refractivity contribution in [2.45, 2.75) is 6.92 Å². The van der Waals surface area contributed by atoms with E-state index in [1.165, 1.54) is 7.05 Å². The van der Waals surface area contributed by atoms with E-state index < -0.39 is 0 Å². The smallest absolute Gasteiger partial charge is 0.273 e. The fourth-order valence-corrected chi connectivity index (χ4v) is 2.52. The van der Waals surface area contributed by atoms with Crippen molar-refractivity contribution in [3.8, 4) is 11.4 Å². The number of carbonyl (C=O) groups excluding carboxylic acids is 1. The molecule has 1 amide bonds. The minimum absolute atomic E-state index is 0.160. The van der Waals surface area contributed by atoms with Gasteiger partial charge in [-0.2, -0.15) is 5.10 Å². The number of hydrogen-bond donors (Lipinski definition) is 2. The Labute approximate surface area is 149 Å². The summed E-state index contributed by atoms with van der Waals surface area (Å²) in [6.45, 7) is 1.95. The maximum atomic E-state index is 12.0. The Morgan fingerprint density at radius 3 is 2.72 bits per heavy atom. The summed E-state index contributed by atoms with van der Waals surface area (Å²) in [5, 5.41) is 17.9. The first-order chi connectivity index (χ1) is 12.0. The first-order valence-corrected chi connectivity index (χ1v) is 7.85. The van der Waals surface area contributed by atoms with Gasteiger partial charge in [0.15, 0.2) is 16.7 Å². The van der Waals surface area contributed by atoms with Crippen molar-refractivity contribution >= 4 is 28.9 Å². The minimum Gasteiger partial charge on any atom is -0.354 e. The summed E-state index contributed by atoms with van der Waals surface area (Å²) in [6.07, 6.45) is 1.64. The van der Waals surface area contributed by atoms with Crippen molar-refractivity contribution in [1.29, 1.82) is 0 Å². The molecule has 0 saturated heterocycles. The number of nitrogens with zero attached hydrogens (tertiary/aromatic N) is 5. The lowest BCUT2D eigenvalue weighted by Crippen LogP contribution is -2.21. The molecule has 0 fully saturated rings. The Bertz CT molecular complexity index is 938. The summed E-state index contributed by atoms with van der Waals surface area (Å²) in [7, 11) is 3.34. The van der Waals surface area contributed by atoms with Gasteiger partial charge in [0.1, 0.15) is 6.33 Å². The van der Waals surface area contributed by atoms with Gasteiger partial charge < -0.3 is 10.6 Å². The maximum absolute atomic E-state index is 12.0. The molecule has 0 aliphatic carbocycles. The minimum atomic E-state index is -0.355. The third kappa shape index (κ3) is 3.43. The van der Waals surface area contributed by atoms with E-state index >= 15 is 0 Å². The number of nitrogens with one attached hydrogen (secondary N) is 2. The monoisotopic (exact) mass is 357 g/mol. The van der Waals surface area contributed by atoms with E-state index in [0.29, 0.717) is 11.5 Å². The fraction of sp³-hybridized carbons (Fsp3) is 0.188. The van der Waals surface area contributed by atoms with Crippen molar-refractivity contribution in [3.05, 3.63) is 47.0 Å². The molecule has 2 aromatic heterocycles. The van der Waals surface area contributed by atoms with Crippen LogP contribution in [0.5, 0.6) is 0 Å². The highest BCUT2D eigenvalue weighted by Gasteiger charge is 2.16. The molecule has 0 unspecified atom stereocenters. The highest BCUT2D eigenvalue weighted by Crippen LogP contribution is 2.29. The molecule has 0 spiro atoms. The van der Waals surface area contributed by atoms with Crippen LogP contribution < -0.4 is 10.6 Å². The number of benzene rings is 1. The van der Waals surface area contributed by atoms with E-state index in [9.17, 15) is 4.79 Å². The van der Waals surface area contributed by atoms with Gasteiger partial charge >= 0.3 is 0 Å². The lowest BCUT2D eigenvalue weighted by atomic mass is 10.1. The maximum Gasteiger partial charge on any atom is 0.273 e. The van der Waals surface area contributed by atoms with Crippen LogP contribution in [-0.4, -0.2) is 37.9 Å². The normalized spacial score (nSPS) is 10.6. The van der Waals surface area contributed by atoms with Crippen LogP contribution in [0.4, 0.5) is 11.4 Å². The van der Waals surface area contributed by atoms with E-state index in [1.54, 1.807) is 17.1 Å². The molecule has 0 aliphatic heterocycles. The summed E-state index contributed by atoms with van der Waals surface area (Å²) < 4.78 is 1.64. The van der Waals surface area contributed by atoms with Gasteiger partial charge in [0.25, 0.3) is 5.91 Å². The number of rotatable bonds is 4. The zero-order valence-electron chi connectivity index (χ0n) is 13.9. The first kappa shape index (κ1) is 16.8. The van der Waals surface area contributed by atoms with Crippen molar-refractivity contribution in [2.75, 3.05) is 12.4 Å². The molecule has 8 nitrogen and oxygen atoms in total.